The Labute approximate surface area is 206 Å². The number of aryl methyl sites for hydroxylation is 1. The SMILES string of the molecule is COc1ccc(NS(=O)(=O)c2ccc(C)c(C(=O)N3CCCC3Cc3cccc(OC)c3)c2)cc1. The number of hydrogen-bond donors (Lipinski definition) is 1. The van der Waals surface area contributed by atoms with Crippen LogP contribution in [-0.4, -0.2) is 46.0 Å². The van der Waals surface area contributed by atoms with E-state index in [-0.39, 0.29) is 16.8 Å². The van der Waals surface area contributed by atoms with E-state index in [1.54, 1.807) is 44.6 Å². The summed E-state index contributed by atoms with van der Waals surface area (Å²) in [5.41, 5.74) is 2.66. The molecule has 8 heteroatoms. The van der Waals surface area contributed by atoms with Crippen LogP contribution >= 0.6 is 0 Å². The lowest BCUT2D eigenvalue weighted by Crippen LogP contribution is -2.37. The summed E-state index contributed by atoms with van der Waals surface area (Å²) in [5.74, 6) is 1.27. The molecule has 4 rings (SSSR count). The normalized spacial score (nSPS) is 15.6. The molecule has 0 spiro atoms. The van der Waals surface area contributed by atoms with Gasteiger partial charge in [-0.1, -0.05) is 18.2 Å². The first kappa shape index (κ1) is 24.6. The second-order valence-corrected chi connectivity index (χ2v) is 10.3. The third kappa shape index (κ3) is 5.59. The van der Waals surface area contributed by atoms with E-state index < -0.39 is 10.0 Å². The number of carbonyl (C=O) groups is 1. The van der Waals surface area contributed by atoms with Crippen LogP contribution in [0.2, 0.25) is 0 Å². The Morgan fingerprint density at radius 2 is 1.74 bits per heavy atom. The molecule has 0 bridgehead atoms. The first-order chi connectivity index (χ1) is 16.8. The van der Waals surface area contributed by atoms with Crippen LogP contribution < -0.4 is 14.2 Å². The lowest BCUT2D eigenvalue weighted by molar-refractivity contribution is 0.0735. The largest absolute Gasteiger partial charge is 0.497 e. The third-order valence-electron chi connectivity index (χ3n) is 6.34. The summed E-state index contributed by atoms with van der Waals surface area (Å²) in [4.78, 5) is 15.5. The van der Waals surface area contributed by atoms with Crippen molar-refractivity contribution in [2.24, 2.45) is 0 Å². The van der Waals surface area contributed by atoms with Gasteiger partial charge in [0, 0.05) is 23.8 Å². The van der Waals surface area contributed by atoms with Gasteiger partial charge in [0.25, 0.3) is 15.9 Å². The molecule has 0 aliphatic carbocycles. The van der Waals surface area contributed by atoms with Gasteiger partial charge in [0.15, 0.2) is 0 Å². The zero-order valence-corrected chi connectivity index (χ0v) is 21.0. The third-order valence-corrected chi connectivity index (χ3v) is 7.71. The fraction of sp³-hybridized carbons (Fsp3) is 0.296. The smallest absolute Gasteiger partial charge is 0.261 e. The average Bonchev–Trinajstić information content (AvgIpc) is 3.32. The molecule has 0 saturated carbocycles. The van der Waals surface area contributed by atoms with E-state index in [9.17, 15) is 13.2 Å². The highest BCUT2D eigenvalue weighted by atomic mass is 32.2. The fourth-order valence-electron chi connectivity index (χ4n) is 4.41. The highest BCUT2D eigenvalue weighted by Gasteiger charge is 2.31. The van der Waals surface area contributed by atoms with Crippen molar-refractivity contribution < 1.29 is 22.7 Å². The van der Waals surface area contributed by atoms with Gasteiger partial charge in [-0.3, -0.25) is 9.52 Å². The topological polar surface area (TPSA) is 84.9 Å². The van der Waals surface area contributed by atoms with Crippen LogP contribution in [-0.2, 0) is 16.4 Å². The Morgan fingerprint density at radius 1 is 1.00 bits per heavy atom. The number of rotatable bonds is 8. The molecule has 1 amide bonds. The Balaban J connectivity index is 1.55. The molecule has 184 valence electrons. The lowest BCUT2D eigenvalue weighted by Gasteiger charge is -2.26. The summed E-state index contributed by atoms with van der Waals surface area (Å²) in [7, 11) is -0.690. The van der Waals surface area contributed by atoms with Crippen LogP contribution in [0.25, 0.3) is 0 Å². The summed E-state index contributed by atoms with van der Waals surface area (Å²) in [6.07, 6.45) is 2.54. The number of nitrogens with one attached hydrogen (secondary N) is 1. The lowest BCUT2D eigenvalue weighted by atomic mass is 10.0. The molecule has 3 aromatic rings. The van der Waals surface area contributed by atoms with Crippen LogP contribution in [0.1, 0.15) is 34.3 Å². The minimum Gasteiger partial charge on any atom is -0.497 e. The second kappa shape index (κ2) is 10.4. The number of amides is 1. The summed E-state index contributed by atoms with van der Waals surface area (Å²) in [6, 6.07) is 19.2. The van der Waals surface area contributed by atoms with Crippen LogP contribution in [0.5, 0.6) is 11.5 Å². The van der Waals surface area contributed by atoms with E-state index in [0.29, 0.717) is 23.5 Å². The molecule has 1 unspecified atom stereocenters. The van der Waals surface area contributed by atoms with E-state index in [2.05, 4.69) is 4.72 Å². The van der Waals surface area contributed by atoms with Crippen LogP contribution in [0.4, 0.5) is 5.69 Å². The molecule has 0 aromatic heterocycles. The predicted octanol–water partition coefficient (Wildman–Crippen LogP) is 4.66. The van der Waals surface area contributed by atoms with E-state index in [0.717, 1.165) is 36.1 Å². The van der Waals surface area contributed by atoms with Gasteiger partial charge in [0.1, 0.15) is 11.5 Å². The number of hydrogen-bond acceptors (Lipinski definition) is 5. The summed E-state index contributed by atoms with van der Waals surface area (Å²) in [6.45, 7) is 2.47. The number of methoxy groups -OCH3 is 2. The quantitative estimate of drug-likeness (QED) is 0.492. The molecule has 3 aromatic carbocycles. The molecule has 1 fully saturated rings. The van der Waals surface area contributed by atoms with Crippen molar-refractivity contribution >= 4 is 21.6 Å². The Bertz CT molecular complexity index is 1310. The van der Waals surface area contributed by atoms with Crippen molar-refractivity contribution in [1.29, 1.82) is 0 Å². The van der Waals surface area contributed by atoms with Crippen molar-refractivity contribution in [2.75, 3.05) is 25.5 Å². The summed E-state index contributed by atoms with van der Waals surface area (Å²) >= 11 is 0. The molecule has 1 saturated heterocycles. The number of ether oxygens (including phenoxy) is 2. The van der Waals surface area contributed by atoms with E-state index in [4.69, 9.17) is 9.47 Å². The zero-order valence-electron chi connectivity index (χ0n) is 20.2. The van der Waals surface area contributed by atoms with Gasteiger partial charge < -0.3 is 14.4 Å². The highest BCUT2D eigenvalue weighted by molar-refractivity contribution is 7.92. The molecular formula is C27H30N2O5S. The highest BCUT2D eigenvalue weighted by Crippen LogP contribution is 2.27. The first-order valence-corrected chi connectivity index (χ1v) is 13.0. The molecule has 1 aliphatic rings. The van der Waals surface area contributed by atoms with Crippen molar-refractivity contribution in [2.45, 2.75) is 37.1 Å². The van der Waals surface area contributed by atoms with Gasteiger partial charge in [-0.05, 0) is 85.8 Å². The number of benzene rings is 3. The van der Waals surface area contributed by atoms with Gasteiger partial charge in [-0.25, -0.2) is 8.42 Å². The standard InChI is InChI=1S/C27H30N2O5S/c1-19-9-14-25(35(31,32)28-21-10-12-23(33-2)13-11-21)18-26(19)27(30)29-15-5-7-22(29)16-20-6-4-8-24(17-20)34-3/h4,6,8-14,17-18,22,28H,5,7,15-16H2,1-3H3. The number of nitrogens with zero attached hydrogens (tertiary/aromatic N) is 1. The van der Waals surface area contributed by atoms with Crippen LogP contribution in [0, 0.1) is 6.92 Å². The molecule has 35 heavy (non-hydrogen) atoms. The maximum absolute atomic E-state index is 13.6. The molecule has 1 aliphatic heterocycles. The van der Waals surface area contributed by atoms with Crippen LogP contribution in [0.3, 0.4) is 0 Å². The minimum absolute atomic E-state index is 0.0470. The first-order valence-electron chi connectivity index (χ1n) is 11.5. The monoisotopic (exact) mass is 494 g/mol. The van der Waals surface area contributed by atoms with Gasteiger partial charge in [0.05, 0.1) is 19.1 Å². The van der Waals surface area contributed by atoms with Crippen molar-refractivity contribution in [3.8, 4) is 11.5 Å². The molecule has 1 atom stereocenters. The van der Waals surface area contributed by atoms with Gasteiger partial charge >= 0.3 is 0 Å². The predicted molar refractivity (Wildman–Crippen MR) is 136 cm³/mol. The molecule has 0 radical (unpaired) electrons. The zero-order chi connectivity index (χ0) is 25.0. The average molecular weight is 495 g/mol. The van der Waals surface area contributed by atoms with Crippen molar-refractivity contribution in [3.63, 3.8) is 0 Å². The molecule has 1 N–H and O–H groups in total. The summed E-state index contributed by atoms with van der Waals surface area (Å²) in [5, 5.41) is 0. The van der Waals surface area contributed by atoms with Gasteiger partial charge in [-0.2, -0.15) is 0 Å². The van der Waals surface area contributed by atoms with Gasteiger partial charge in [0.2, 0.25) is 0 Å². The van der Waals surface area contributed by atoms with Crippen molar-refractivity contribution in [3.05, 3.63) is 83.4 Å². The van der Waals surface area contributed by atoms with E-state index in [1.165, 1.54) is 12.1 Å². The number of anilines is 1. The molecule has 1 heterocycles. The van der Waals surface area contributed by atoms with E-state index >= 15 is 0 Å². The Hall–Kier alpha value is -3.52. The molecular weight excluding hydrogens is 464 g/mol. The van der Waals surface area contributed by atoms with Gasteiger partial charge in [-0.15, -0.1) is 0 Å². The fourth-order valence-corrected chi connectivity index (χ4v) is 5.50. The number of carbonyl (C=O) groups excluding carboxylic acids is 1. The molecule has 7 nitrogen and oxygen atoms in total. The van der Waals surface area contributed by atoms with Crippen LogP contribution in [0.15, 0.2) is 71.6 Å². The van der Waals surface area contributed by atoms with Crippen molar-refractivity contribution in [1.82, 2.24) is 4.90 Å². The maximum atomic E-state index is 13.6. The number of likely N-dealkylation sites (tertiary alicyclic amines) is 1. The summed E-state index contributed by atoms with van der Waals surface area (Å²) < 4.78 is 39.1. The second-order valence-electron chi connectivity index (χ2n) is 8.66. The Morgan fingerprint density at radius 3 is 2.46 bits per heavy atom. The van der Waals surface area contributed by atoms with E-state index in [1.807, 2.05) is 36.1 Å². The number of sulfonamides is 1. The minimum atomic E-state index is -3.87. The maximum Gasteiger partial charge on any atom is 0.261 e. The Kier molecular flexibility index (Phi) is 7.31.